The number of ether oxygens (including phenoxy) is 2. The first-order chi connectivity index (χ1) is 19.5. The highest BCUT2D eigenvalue weighted by molar-refractivity contribution is 5.94. The highest BCUT2D eigenvalue weighted by Gasteiger charge is 2.31. The van der Waals surface area contributed by atoms with Crippen molar-refractivity contribution in [2.24, 2.45) is 5.92 Å². The fraction of sp³-hybridized carbons (Fsp3) is 0.400. The van der Waals surface area contributed by atoms with Gasteiger partial charge in [0.2, 0.25) is 0 Å². The minimum atomic E-state index is -0.322. The van der Waals surface area contributed by atoms with Crippen LogP contribution in [0.5, 0.6) is 5.75 Å². The van der Waals surface area contributed by atoms with Gasteiger partial charge in [0.25, 0.3) is 11.8 Å². The van der Waals surface area contributed by atoms with Crippen LogP contribution in [-0.2, 0) is 16.1 Å². The molecule has 0 bridgehead atoms. The van der Waals surface area contributed by atoms with E-state index in [2.05, 4.69) is 15.3 Å². The molecule has 0 spiro atoms. The van der Waals surface area contributed by atoms with Crippen LogP contribution in [-0.4, -0.2) is 59.6 Å². The van der Waals surface area contributed by atoms with Crippen molar-refractivity contribution in [2.75, 3.05) is 32.8 Å². The number of furan rings is 1. The van der Waals surface area contributed by atoms with Gasteiger partial charge < -0.3 is 28.5 Å². The van der Waals surface area contributed by atoms with Gasteiger partial charge in [-0.05, 0) is 63.4 Å². The van der Waals surface area contributed by atoms with Crippen molar-refractivity contribution in [3.8, 4) is 17.4 Å². The van der Waals surface area contributed by atoms with E-state index in [1.54, 1.807) is 18.0 Å². The van der Waals surface area contributed by atoms with Crippen LogP contribution in [0, 0.1) is 12.8 Å². The molecular weight excluding hydrogens is 512 g/mol. The molecule has 1 amide bonds. The summed E-state index contributed by atoms with van der Waals surface area (Å²) in [7, 11) is 0. The van der Waals surface area contributed by atoms with Gasteiger partial charge in [-0.25, -0.2) is 4.98 Å². The number of likely N-dealkylation sites (tertiary alicyclic amines) is 1. The van der Waals surface area contributed by atoms with E-state index in [0.717, 1.165) is 48.2 Å². The molecule has 210 valence electrons. The molecule has 1 aliphatic heterocycles. The van der Waals surface area contributed by atoms with Gasteiger partial charge in [-0.15, -0.1) is 0 Å². The molecule has 4 aromatic rings. The van der Waals surface area contributed by atoms with Gasteiger partial charge in [0, 0.05) is 37.6 Å². The number of amides is 1. The third kappa shape index (κ3) is 6.17. The second-order valence-corrected chi connectivity index (χ2v) is 9.81. The molecule has 40 heavy (non-hydrogen) atoms. The molecular formula is C30H34N4O6. The lowest BCUT2D eigenvalue weighted by Gasteiger charge is -2.30. The Morgan fingerprint density at radius 1 is 1.23 bits per heavy atom. The molecule has 1 fully saturated rings. The van der Waals surface area contributed by atoms with Crippen LogP contribution < -0.4 is 10.1 Å². The van der Waals surface area contributed by atoms with Crippen molar-refractivity contribution in [1.82, 2.24) is 20.2 Å². The predicted octanol–water partition coefficient (Wildman–Crippen LogP) is 4.77. The Bertz CT molecular complexity index is 1450. The monoisotopic (exact) mass is 546 g/mol. The molecule has 1 atom stereocenters. The highest BCUT2D eigenvalue weighted by atomic mass is 16.5. The standard InChI is InChI=1S/C30H34N4O6/c1-3-37-30(36)22-9-6-14-34(18-22)29(35)23-19-39-28(33-23)27-20(2)26-24(10-4-11-25(26)40-27)38-15-7-13-32-17-21-8-5-12-31-16-21/h4-5,8,10-12,16,19,22,32H,3,6-7,9,13-15,17-18H2,1-2H3/t22-/m0/s1. The number of nitrogens with one attached hydrogen (secondary N) is 1. The molecule has 0 radical (unpaired) electrons. The summed E-state index contributed by atoms with van der Waals surface area (Å²) >= 11 is 0. The minimum Gasteiger partial charge on any atom is -0.493 e. The number of oxazole rings is 1. The SMILES string of the molecule is CCOC(=O)[C@H]1CCCN(C(=O)c2coc(-c3oc4cccc(OCCCNCc5cccnc5)c4c3C)n2)C1. The fourth-order valence-electron chi connectivity index (χ4n) is 4.96. The van der Waals surface area contributed by atoms with Crippen LogP contribution in [0.25, 0.3) is 22.6 Å². The Balaban J connectivity index is 1.22. The Kier molecular flexibility index (Phi) is 8.75. The van der Waals surface area contributed by atoms with Gasteiger partial charge in [0.05, 0.1) is 24.5 Å². The van der Waals surface area contributed by atoms with Crippen LogP contribution in [0.2, 0.25) is 0 Å². The van der Waals surface area contributed by atoms with Crippen molar-refractivity contribution >= 4 is 22.8 Å². The number of rotatable bonds is 11. The van der Waals surface area contributed by atoms with E-state index < -0.39 is 0 Å². The summed E-state index contributed by atoms with van der Waals surface area (Å²) in [6.45, 7) is 7.00. The quantitative estimate of drug-likeness (QED) is 0.210. The van der Waals surface area contributed by atoms with E-state index in [1.807, 2.05) is 43.5 Å². The molecule has 1 N–H and O–H groups in total. The Morgan fingerprint density at radius 2 is 2.12 bits per heavy atom. The maximum absolute atomic E-state index is 13.1. The summed E-state index contributed by atoms with van der Waals surface area (Å²) in [5, 5.41) is 4.24. The van der Waals surface area contributed by atoms with E-state index in [9.17, 15) is 9.59 Å². The number of esters is 1. The first-order valence-corrected chi connectivity index (χ1v) is 13.7. The summed E-state index contributed by atoms with van der Waals surface area (Å²) in [6.07, 6.45) is 7.22. The molecule has 10 heteroatoms. The summed E-state index contributed by atoms with van der Waals surface area (Å²) in [6, 6.07) is 9.63. The molecule has 5 rings (SSSR count). The van der Waals surface area contributed by atoms with Crippen LogP contribution in [0.1, 0.15) is 47.8 Å². The molecule has 0 aliphatic carbocycles. The Labute approximate surface area is 232 Å². The third-order valence-electron chi connectivity index (χ3n) is 6.97. The lowest BCUT2D eigenvalue weighted by Crippen LogP contribution is -2.42. The van der Waals surface area contributed by atoms with E-state index in [-0.39, 0.29) is 29.4 Å². The zero-order valence-corrected chi connectivity index (χ0v) is 22.9. The molecule has 0 saturated carbocycles. The summed E-state index contributed by atoms with van der Waals surface area (Å²) in [4.78, 5) is 35.5. The number of carbonyl (C=O) groups excluding carboxylic acids is 2. The van der Waals surface area contributed by atoms with Crippen molar-refractivity contribution < 1.29 is 27.9 Å². The fourth-order valence-corrected chi connectivity index (χ4v) is 4.96. The normalized spacial score (nSPS) is 15.3. The second-order valence-electron chi connectivity index (χ2n) is 9.81. The second kappa shape index (κ2) is 12.8. The lowest BCUT2D eigenvalue weighted by atomic mass is 9.98. The van der Waals surface area contributed by atoms with Crippen LogP contribution in [0.15, 0.2) is 57.8 Å². The van der Waals surface area contributed by atoms with Gasteiger partial charge in [-0.1, -0.05) is 12.1 Å². The maximum Gasteiger partial charge on any atom is 0.310 e. The number of nitrogens with zero attached hydrogens (tertiary/aromatic N) is 3. The number of hydrogen-bond donors (Lipinski definition) is 1. The zero-order chi connectivity index (χ0) is 27.9. The molecule has 3 aromatic heterocycles. The third-order valence-corrected chi connectivity index (χ3v) is 6.97. The number of hydrogen-bond acceptors (Lipinski definition) is 9. The van der Waals surface area contributed by atoms with E-state index >= 15 is 0 Å². The summed E-state index contributed by atoms with van der Waals surface area (Å²) < 4.78 is 23.0. The summed E-state index contributed by atoms with van der Waals surface area (Å²) in [5.74, 6) is 0.528. The van der Waals surface area contributed by atoms with Gasteiger partial charge in [-0.2, -0.15) is 0 Å². The molecule has 0 unspecified atom stereocenters. The highest BCUT2D eigenvalue weighted by Crippen LogP contribution is 2.38. The van der Waals surface area contributed by atoms with Gasteiger partial charge in [0.15, 0.2) is 11.5 Å². The molecule has 1 saturated heterocycles. The van der Waals surface area contributed by atoms with E-state index in [4.69, 9.17) is 18.3 Å². The topological polar surface area (TPSA) is 120 Å². The molecule has 1 aromatic carbocycles. The molecule has 10 nitrogen and oxygen atoms in total. The largest absolute Gasteiger partial charge is 0.493 e. The number of fused-ring (bicyclic) bond motifs is 1. The zero-order valence-electron chi connectivity index (χ0n) is 22.9. The van der Waals surface area contributed by atoms with E-state index in [1.165, 1.54) is 6.26 Å². The molecule has 4 heterocycles. The first-order valence-electron chi connectivity index (χ1n) is 13.7. The Hall–Kier alpha value is -4.18. The smallest absolute Gasteiger partial charge is 0.310 e. The van der Waals surface area contributed by atoms with Gasteiger partial charge >= 0.3 is 5.97 Å². The first kappa shape index (κ1) is 27.4. The number of aromatic nitrogens is 2. The van der Waals surface area contributed by atoms with Crippen molar-refractivity contribution in [3.05, 3.63) is 65.8 Å². The van der Waals surface area contributed by atoms with Gasteiger partial charge in [-0.3, -0.25) is 14.6 Å². The number of piperidine rings is 1. The average molecular weight is 547 g/mol. The van der Waals surface area contributed by atoms with Crippen molar-refractivity contribution in [3.63, 3.8) is 0 Å². The lowest BCUT2D eigenvalue weighted by molar-refractivity contribution is -0.149. The van der Waals surface area contributed by atoms with Crippen molar-refractivity contribution in [2.45, 2.75) is 39.7 Å². The predicted molar refractivity (Wildman–Crippen MR) is 148 cm³/mol. The minimum absolute atomic E-state index is 0.176. The van der Waals surface area contributed by atoms with Crippen LogP contribution >= 0.6 is 0 Å². The average Bonchev–Trinajstić information content (AvgIpc) is 3.60. The maximum atomic E-state index is 13.1. The van der Waals surface area contributed by atoms with Crippen molar-refractivity contribution in [1.29, 1.82) is 0 Å². The summed E-state index contributed by atoms with van der Waals surface area (Å²) in [5.41, 5.74) is 2.79. The van der Waals surface area contributed by atoms with Gasteiger partial charge in [0.1, 0.15) is 17.6 Å². The number of benzene rings is 1. The Morgan fingerprint density at radius 3 is 2.95 bits per heavy atom. The number of aryl methyl sites for hydroxylation is 1. The van der Waals surface area contributed by atoms with Crippen LogP contribution in [0.4, 0.5) is 0 Å². The number of carbonyl (C=O) groups is 2. The van der Waals surface area contributed by atoms with Crippen LogP contribution in [0.3, 0.4) is 0 Å². The van der Waals surface area contributed by atoms with E-state index in [0.29, 0.717) is 44.1 Å². The number of pyridine rings is 1. The molecule has 1 aliphatic rings.